The van der Waals surface area contributed by atoms with E-state index in [0.717, 1.165) is 25.9 Å². The molecule has 1 rings (SSSR count). The van der Waals surface area contributed by atoms with Crippen molar-refractivity contribution in [3.63, 3.8) is 0 Å². The molecule has 1 aromatic heterocycles. The quantitative estimate of drug-likeness (QED) is 0.399. The summed E-state index contributed by atoms with van der Waals surface area (Å²) in [7, 11) is 0. The van der Waals surface area contributed by atoms with Crippen LogP contribution in [-0.2, 0) is 13.1 Å². The van der Waals surface area contributed by atoms with Crippen molar-refractivity contribution in [1.29, 1.82) is 10.5 Å². The van der Waals surface area contributed by atoms with Crippen LogP contribution >= 0.6 is 0 Å². The number of nitriles is 2. The topological polar surface area (TPSA) is 56.4 Å². The molecule has 0 amide bonds. The van der Waals surface area contributed by atoms with Gasteiger partial charge < -0.3 is 0 Å². The minimum absolute atomic E-state index is 0.575. The minimum Gasteiger partial charge on any atom is -0.234 e. The van der Waals surface area contributed by atoms with E-state index in [-0.39, 0.29) is 0 Å². The van der Waals surface area contributed by atoms with Crippen molar-refractivity contribution < 1.29 is 4.57 Å². The summed E-state index contributed by atoms with van der Waals surface area (Å²) in [6.07, 6.45) is 16.9. The maximum Gasteiger partial charge on any atom is 0.253 e. The van der Waals surface area contributed by atoms with E-state index >= 15 is 0 Å². The largest absolute Gasteiger partial charge is 0.253 e. The Morgan fingerprint density at radius 1 is 0.870 bits per heavy atom. The van der Waals surface area contributed by atoms with Gasteiger partial charge >= 0.3 is 0 Å². The molecule has 0 radical (unpaired) electrons. The number of aromatic nitrogens is 2. The molecule has 1 aromatic rings. The van der Waals surface area contributed by atoms with Crippen molar-refractivity contribution in [1.82, 2.24) is 4.57 Å². The van der Waals surface area contributed by atoms with Gasteiger partial charge in [-0.2, -0.15) is 10.5 Å². The van der Waals surface area contributed by atoms with Crippen molar-refractivity contribution in [3.05, 3.63) is 18.2 Å². The normalized spacial score (nSPS) is 10.4. The van der Waals surface area contributed by atoms with Gasteiger partial charge in [-0.3, -0.25) is 0 Å². The molecule has 0 aliphatic rings. The first-order chi connectivity index (χ1) is 11.3. The van der Waals surface area contributed by atoms with Gasteiger partial charge in [0, 0.05) is 13.3 Å². The van der Waals surface area contributed by atoms with Crippen LogP contribution in [0.25, 0.3) is 0 Å². The third kappa shape index (κ3) is 8.41. The zero-order chi connectivity index (χ0) is 16.8. The lowest BCUT2D eigenvalue weighted by atomic mass is 10.1. The van der Waals surface area contributed by atoms with Gasteiger partial charge in [0.15, 0.2) is 0 Å². The van der Waals surface area contributed by atoms with Crippen LogP contribution in [0.1, 0.15) is 76.5 Å². The fourth-order valence-electron chi connectivity index (χ4n) is 2.91. The molecule has 0 spiro atoms. The van der Waals surface area contributed by atoms with E-state index in [1.54, 1.807) is 0 Å². The van der Waals surface area contributed by atoms with Gasteiger partial charge in [-0.1, -0.05) is 38.5 Å². The number of nitrogens with zero attached hydrogens (tertiary/aromatic N) is 4. The first-order valence-electron chi connectivity index (χ1n) is 9.08. The Labute approximate surface area is 141 Å². The number of unbranched alkanes of at least 4 members (excludes halogenated alkanes) is 9. The average molecular weight is 315 g/mol. The molecule has 1 heterocycles. The summed E-state index contributed by atoms with van der Waals surface area (Å²) in [5.41, 5.74) is 0. The fourth-order valence-corrected chi connectivity index (χ4v) is 2.91. The Balaban J connectivity index is 2.00. The summed E-state index contributed by atoms with van der Waals surface area (Å²) < 4.78 is 4.46. The van der Waals surface area contributed by atoms with E-state index in [1.165, 1.54) is 57.2 Å². The molecule has 0 unspecified atom stereocenters. The molecule has 23 heavy (non-hydrogen) atoms. The molecule has 0 fully saturated rings. The van der Waals surface area contributed by atoms with E-state index in [2.05, 4.69) is 40.6 Å². The second kappa shape index (κ2) is 12.7. The van der Waals surface area contributed by atoms with Crippen molar-refractivity contribution >= 4 is 0 Å². The van der Waals surface area contributed by atoms with E-state index in [9.17, 15) is 0 Å². The highest BCUT2D eigenvalue weighted by atomic mass is 15.1. The van der Waals surface area contributed by atoms with Crippen LogP contribution in [0.4, 0.5) is 0 Å². The van der Waals surface area contributed by atoms with Gasteiger partial charge in [-0.15, -0.1) is 0 Å². The monoisotopic (exact) mass is 315 g/mol. The summed E-state index contributed by atoms with van der Waals surface area (Å²) in [5.74, 6) is 1.25. The van der Waals surface area contributed by atoms with Crippen LogP contribution in [0, 0.1) is 29.6 Å². The molecular formula is C19H31N4+. The summed E-state index contributed by atoms with van der Waals surface area (Å²) in [6, 6.07) is 4.40. The second-order valence-corrected chi connectivity index (χ2v) is 6.23. The summed E-state index contributed by atoms with van der Waals surface area (Å²) in [4.78, 5) is 0. The van der Waals surface area contributed by atoms with Gasteiger partial charge in [0.05, 0.1) is 25.1 Å². The van der Waals surface area contributed by atoms with Crippen molar-refractivity contribution in [2.45, 2.75) is 90.6 Å². The average Bonchev–Trinajstić information content (AvgIpc) is 2.91. The molecule has 0 atom stereocenters. The molecule has 0 N–H and O–H groups in total. The van der Waals surface area contributed by atoms with Crippen molar-refractivity contribution in [2.24, 2.45) is 0 Å². The molecule has 4 heteroatoms. The number of imidazole rings is 1. The lowest BCUT2D eigenvalue weighted by Gasteiger charge is -2.02. The van der Waals surface area contributed by atoms with Crippen molar-refractivity contribution in [2.75, 3.05) is 0 Å². The standard InChI is InChI=1S/C19H31N4/c1-19-22(17-18-23(19)16-12-14-21)15-11-9-7-5-3-2-4-6-8-10-13-20/h17-18H,2-12,15-16H2,1H3/q+1. The zero-order valence-corrected chi connectivity index (χ0v) is 14.6. The zero-order valence-electron chi connectivity index (χ0n) is 14.6. The van der Waals surface area contributed by atoms with E-state index < -0.39 is 0 Å². The smallest absolute Gasteiger partial charge is 0.234 e. The minimum atomic E-state index is 0.575. The van der Waals surface area contributed by atoms with Gasteiger partial charge in [0.25, 0.3) is 5.82 Å². The fraction of sp³-hybridized carbons (Fsp3) is 0.737. The maximum absolute atomic E-state index is 8.66. The maximum atomic E-state index is 8.66. The van der Waals surface area contributed by atoms with Crippen molar-refractivity contribution in [3.8, 4) is 12.1 Å². The number of aryl methyl sites for hydroxylation is 2. The molecule has 0 aromatic carbocycles. The van der Waals surface area contributed by atoms with Gasteiger partial charge in [0.2, 0.25) is 0 Å². The lowest BCUT2D eigenvalue weighted by Crippen LogP contribution is -2.35. The second-order valence-electron chi connectivity index (χ2n) is 6.23. The third-order valence-corrected chi connectivity index (χ3v) is 4.41. The number of hydrogen-bond acceptors (Lipinski definition) is 2. The molecule has 0 saturated heterocycles. The molecule has 126 valence electrons. The van der Waals surface area contributed by atoms with Crippen LogP contribution in [0.2, 0.25) is 0 Å². The lowest BCUT2D eigenvalue weighted by molar-refractivity contribution is -0.701. The predicted molar refractivity (Wildman–Crippen MR) is 91.4 cm³/mol. The first kappa shape index (κ1) is 19.2. The van der Waals surface area contributed by atoms with Crippen LogP contribution in [0.3, 0.4) is 0 Å². The summed E-state index contributed by atoms with van der Waals surface area (Å²) in [5, 5.41) is 17.1. The highest BCUT2D eigenvalue weighted by Crippen LogP contribution is 2.11. The molecule has 4 nitrogen and oxygen atoms in total. The molecule has 0 aliphatic heterocycles. The molecule has 0 saturated carbocycles. The van der Waals surface area contributed by atoms with Gasteiger partial charge in [-0.05, 0) is 19.3 Å². The Morgan fingerprint density at radius 3 is 2.04 bits per heavy atom. The van der Waals surface area contributed by atoms with Crippen LogP contribution in [0.15, 0.2) is 12.4 Å². The Kier molecular flexibility index (Phi) is 10.6. The number of hydrogen-bond donors (Lipinski definition) is 0. The highest BCUT2D eigenvalue weighted by Gasteiger charge is 2.10. The SMILES string of the molecule is Cc1n(CCCCCCCCCCCC#N)cc[n+]1CCC#N. The summed E-state index contributed by atoms with van der Waals surface area (Å²) in [6.45, 7) is 4.01. The molecule has 0 aliphatic carbocycles. The molecule has 0 bridgehead atoms. The van der Waals surface area contributed by atoms with E-state index in [1.807, 2.05) is 0 Å². The third-order valence-electron chi connectivity index (χ3n) is 4.41. The predicted octanol–water partition coefficient (Wildman–Crippen LogP) is 4.42. The van der Waals surface area contributed by atoms with Crippen LogP contribution in [0.5, 0.6) is 0 Å². The van der Waals surface area contributed by atoms with Crippen LogP contribution in [-0.4, -0.2) is 4.57 Å². The number of rotatable bonds is 13. The van der Waals surface area contributed by atoms with Gasteiger partial charge in [-0.25, -0.2) is 9.13 Å². The van der Waals surface area contributed by atoms with Crippen LogP contribution < -0.4 is 4.57 Å². The van der Waals surface area contributed by atoms with E-state index in [0.29, 0.717) is 6.42 Å². The molecular weight excluding hydrogens is 284 g/mol. The van der Waals surface area contributed by atoms with E-state index in [4.69, 9.17) is 10.5 Å². The Bertz CT molecular complexity index is 504. The first-order valence-corrected chi connectivity index (χ1v) is 9.08. The highest BCUT2D eigenvalue weighted by molar-refractivity contribution is 4.80. The summed E-state index contributed by atoms with van der Waals surface area (Å²) >= 11 is 0. The Morgan fingerprint density at radius 2 is 1.43 bits per heavy atom. The van der Waals surface area contributed by atoms with Gasteiger partial charge in [0.1, 0.15) is 18.9 Å². The Hall–Kier alpha value is -1.81.